The average Bonchev–Trinajstić information content (AvgIpc) is 2.50. The first-order chi connectivity index (χ1) is 11.7. The molecule has 0 rings (SSSR count). The quantitative estimate of drug-likeness (QED) is 0.413. The van der Waals surface area contributed by atoms with E-state index in [1.807, 2.05) is 13.0 Å². The van der Waals surface area contributed by atoms with Crippen molar-refractivity contribution < 1.29 is 14.7 Å². The van der Waals surface area contributed by atoms with Gasteiger partial charge in [0.1, 0.15) is 6.04 Å². The molecule has 4 nitrogen and oxygen atoms in total. The van der Waals surface area contributed by atoms with Gasteiger partial charge >= 0.3 is 5.97 Å². The lowest BCUT2D eigenvalue weighted by molar-refractivity contribution is -0.147. The third-order valence-corrected chi connectivity index (χ3v) is 4.34. The highest BCUT2D eigenvalue weighted by Crippen LogP contribution is 2.12. The monoisotopic (exact) mass is 367 g/mol. The fourth-order valence-corrected chi connectivity index (χ4v) is 2.73. The second-order valence-electron chi connectivity index (χ2n) is 6.67. The van der Waals surface area contributed by atoms with Crippen molar-refractivity contribution in [1.29, 1.82) is 0 Å². The van der Waals surface area contributed by atoms with E-state index < -0.39 is 12.0 Å². The van der Waals surface area contributed by atoms with Gasteiger partial charge in [0.25, 0.3) is 0 Å². The molecule has 0 aliphatic carbocycles. The van der Waals surface area contributed by atoms with Crippen LogP contribution in [0.3, 0.4) is 0 Å². The number of allylic oxidation sites excluding steroid dienone is 5. The molecule has 0 saturated carbocycles. The first-order valence-corrected chi connectivity index (χ1v) is 9.37. The fraction of sp³-hybridized carbons (Fsp3) is 0.600. The molecule has 1 atom stereocenters. The van der Waals surface area contributed by atoms with Crippen LogP contribution in [0.2, 0.25) is 0 Å². The largest absolute Gasteiger partial charge is 0.480 e. The topological polar surface area (TPSA) is 57.6 Å². The van der Waals surface area contributed by atoms with Gasteiger partial charge in [-0.05, 0) is 53.4 Å². The summed E-state index contributed by atoms with van der Waals surface area (Å²) in [5.41, 5.74) is 3.89. The third kappa shape index (κ3) is 10.9. The Morgan fingerprint density at radius 1 is 0.960 bits per heavy atom. The molecule has 0 aromatic rings. The number of amides is 1. The molecule has 0 aromatic heterocycles. The van der Waals surface area contributed by atoms with Crippen molar-refractivity contribution in [1.82, 2.24) is 4.90 Å². The molecule has 1 N–H and O–H groups in total. The molecule has 0 aliphatic heterocycles. The van der Waals surface area contributed by atoms with E-state index in [0.29, 0.717) is 6.54 Å². The Morgan fingerprint density at radius 3 is 1.92 bits per heavy atom. The van der Waals surface area contributed by atoms with Crippen LogP contribution in [0.1, 0.15) is 60.3 Å². The molecule has 0 bridgehead atoms. The van der Waals surface area contributed by atoms with E-state index in [2.05, 4.69) is 45.6 Å². The molecule has 25 heavy (non-hydrogen) atoms. The summed E-state index contributed by atoms with van der Waals surface area (Å²) in [4.78, 5) is 24.3. The zero-order valence-electron chi connectivity index (χ0n) is 16.2. The Balaban J connectivity index is 4.53. The summed E-state index contributed by atoms with van der Waals surface area (Å²) in [6.45, 7) is 10.1. The first-order valence-electron chi connectivity index (χ1n) is 8.74. The van der Waals surface area contributed by atoms with Crippen LogP contribution in [0.5, 0.6) is 0 Å². The van der Waals surface area contributed by atoms with Crippen LogP contribution < -0.4 is 0 Å². The highest BCUT2D eigenvalue weighted by molar-refractivity contribution is 7.80. The number of carbonyl (C=O) groups excluding carboxylic acids is 1. The molecule has 0 radical (unpaired) electrons. The van der Waals surface area contributed by atoms with Crippen LogP contribution in [0.25, 0.3) is 0 Å². The van der Waals surface area contributed by atoms with Gasteiger partial charge in [0, 0.05) is 19.2 Å². The number of hydrogen-bond acceptors (Lipinski definition) is 3. The van der Waals surface area contributed by atoms with Gasteiger partial charge in [0.15, 0.2) is 0 Å². The lowest BCUT2D eigenvalue weighted by Crippen LogP contribution is -2.45. The number of hydrogen-bond donors (Lipinski definition) is 2. The van der Waals surface area contributed by atoms with Gasteiger partial charge < -0.3 is 10.0 Å². The van der Waals surface area contributed by atoms with E-state index in [9.17, 15) is 14.7 Å². The number of rotatable bonds is 11. The Hall–Kier alpha value is -1.49. The summed E-state index contributed by atoms with van der Waals surface area (Å²) in [7, 11) is 0. The zero-order valence-corrected chi connectivity index (χ0v) is 17.1. The number of aliphatic carboxylic acids is 1. The summed E-state index contributed by atoms with van der Waals surface area (Å²) in [6, 6.07) is -0.887. The van der Waals surface area contributed by atoms with Gasteiger partial charge in [-0.25, -0.2) is 4.79 Å². The number of carbonyl (C=O) groups is 2. The van der Waals surface area contributed by atoms with Gasteiger partial charge in [-0.15, -0.1) is 0 Å². The molecule has 0 spiro atoms. The van der Waals surface area contributed by atoms with Crippen molar-refractivity contribution in [3.8, 4) is 0 Å². The third-order valence-electron chi connectivity index (χ3n) is 4.00. The Kier molecular flexibility index (Phi) is 12.0. The van der Waals surface area contributed by atoms with Crippen molar-refractivity contribution >= 4 is 24.5 Å². The smallest absolute Gasteiger partial charge is 0.327 e. The SMILES string of the molecule is CC(=O)N(CC=C(C)CCC=C(C)CCC=C(C)C)[C@@H](CS)C(=O)O. The normalized spacial score (nSPS) is 13.4. The van der Waals surface area contributed by atoms with Crippen molar-refractivity contribution in [3.05, 3.63) is 34.9 Å². The van der Waals surface area contributed by atoms with Crippen molar-refractivity contribution in [2.75, 3.05) is 12.3 Å². The minimum atomic E-state index is -1.02. The van der Waals surface area contributed by atoms with Crippen molar-refractivity contribution in [2.24, 2.45) is 0 Å². The van der Waals surface area contributed by atoms with Crippen LogP contribution in [0.4, 0.5) is 0 Å². The first kappa shape index (κ1) is 23.5. The fourth-order valence-electron chi connectivity index (χ4n) is 2.38. The Bertz CT molecular complexity index is 531. The molecule has 0 aliphatic rings. The summed E-state index contributed by atoms with van der Waals surface area (Å²) in [6.07, 6.45) is 10.5. The van der Waals surface area contributed by atoms with Gasteiger partial charge in [-0.3, -0.25) is 4.79 Å². The maximum Gasteiger partial charge on any atom is 0.327 e. The zero-order chi connectivity index (χ0) is 19.4. The van der Waals surface area contributed by atoms with E-state index in [4.69, 9.17) is 0 Å². The van der Waals surface area contributed by atoms with Crippen molar-refractivity contribution in [3.63, 3.8) is 0 Å². The van der Waals surface area contributed by atoms with Crippen LogP contribution in [0, 0.1) is 0 Å². The van der Waals surface area contributed by atoms with Gasteiger partial charge in [0.05, 0.1) is 0 Å². The lowest BCUT2D eigenvalue weighted by atomic mass is 10.1. The van der Waals surface area contributed by atoms with Gasteiger partial charge in [-0.2, -0.15) is 12.6 Å². The summed E-state index contributed by atoms with van der Waals surface area (Å²) in [5, 5.41) is 9.19. The molecular formula is C20H33NO3S. The number of thiol groups is 1. The Labute approximate surface area is 158 Å². The standard InChI is InChI=1S/C20H33NO3S/c1-15(2)8-6-9-16(3)10-7-11-17(4)12-13-21(18(5)22)19(14-25)20(23)24/h8,10,12,19,25H,6-7,9,11,13-14H2,1-5H3,(H,23,24)/t19-/m0/s1. The summed E-state index contributed by atoms with van der Waals surface area (Å²) >= 11 is 4.05. The predicted molar refractivity (Wildman–Crippen MR) is 108 cm³/mol. The maximum absolute atomic E-state index is 11.7. The maximum atomic E-state index is 11.7. The lowest BCUT2D eigenvalue weighted by Gasteiger charge is -2.25. The molecule has 0 unspecified atom stereocenters. The molecule has 0 saturated heterocycles. The molecule has 5 heteroatoms. The molecular weight excluding hydrogens is 334 g/mol. The van der Waals surface area contributed by atoms with Gasteiger partial charge in [0.2, 0.25) is 5.91 Å². The summed E-state index contributed by atoms with van der Waals surface area (Å²) in [5.74, 6) is -1.17. The highest BCUT2D eigenvalue weighted by Gasteiger charge is 2.25. The molecule has 0 fully saturated rings. The van der Waals surface area contributed by atoms with E-state index in [0.717, 1.165) is 31.3 Å². The average molecular weight is 368 g/mol. The number of nitrogens with zero attached hydrogens (tertiary/aromatic N) is 1. The van der Waals surface area contributed by atoms with Crippen molar-refractivity contribution in [2.45, 2.75) is 66.3 Å². The van der Waals surface area contributed by atoms with Gasteiger partial charge in [-0.1, -0.05) is 34.9 Å². The second kappa shape index (κ2) is 12.8. The van der Waals surface area contributed by atoms with Crippen LogP contribution >= 0.6 is 12.6 Å². The van der Waals surface area contributed by atoms with Crippen LogP contribution in [-0.4, -0.2) is 40.2 Å². The van der Waals surface area contributed by atoms with E-state index in [1.165, 1.54) is 23.0 Å². The van der Waals surface area contributed by atoms with E-state index in [1.54, 1.807) is 0 Å². The molecule has 0 heterocycles. The second-order valence-corrected chi connectivity index (χ2v) is 7.03. The summed E-state index contributed by atoms with van der Waals surface area (Å²) < 4.78 is 0. The molecule has 1 amide bonds. The molecule has 142 valence electrons. The van der Waals surface area contributed by atoms with Crippen LogP contribution in [0.15, 0.2) is 34.9 Å². The van der Waals surface area contributed by atoms with E-state index in [-0.39, 0.29) is 11.7 Å². The Morgan fingerprint density at radius 2 is 1.48 bits per heavy atom. The van der Waals surface area contributed by atoms with Crippen LogP contribution in [-0.2, 0) is 9.59 Å². The molecule has 0 aromatic carbocycles. The van der Waals surface area contributed by atoms with E-state index >= 15 is 0 Å². The minimum absolute atomic E-state index is 0.107. The minimum Gasteiger partial charge on any atom is -0.480 e. The predicted octanol–water partition coefficient (Wildman–Crippen LogP) is 4.64. The number of carboxylic acids is 1. The number of carboxylic acid groups (broad SMARTS) is 1. The highest BCUT2D eigenvalue weighted by atomic mass is 32.1.